The maximum Gasteiger partial charge on any atom is 0.191 e. The molecule has 0 fully saturated rings. The van der Waals surface area contributed by atoms with E-state index in [-0.39, 0.29) is 0 Å². The van der Waals surface area contributed by atoms with Crippen LogP contribution in [0.15, 0.2) is 35.4 Å². The lowest BCUT2D eigenvalue weighted by Crippen LogP contribution is -2.24. The summed E-state index contributed by atoms with van der Waals surface area (Å²) in [7, 11) is 4.70. The molecule has 0 aliphatic carbocycles. The monoisotopic (exact) mass is 393 g/mol. The van der Waals surface area contributed by atoms with Crippen LogP contribution in [-0.2, 0) is 0 Å². The Balaban J connectivity index is 2.10. The van der Waals surface area contributed by atoms with Crippen LogP contribution in [0.2, 0.25) is 5.02 Å². The lowest BCUT2D eigenvalue weighted by atomic mass is 10.2. The van der Waals surface area contributed by atoms with Crippen molar-refractivity contribution in [3.63, 3.8) is 0 Å². The number of methoxy groups -OCH3 is 3. The normalized spacial score (nSPS) is 10.5. The van der Waals surface area contributed by atoms with Crippen molar-refractivity contribution < 1.29 is 14.2 Å². The Morgan fingerprint density at radius 1 is 1.08 bits per heavy atom. The molecule has 0 bridgehead atoms. The van der Waals surface area contributed by atoms with E-state index < -0.39 is 0 Å². The van der Waals surface area contributed by atoms with Gasteiger partial charge in [-0.05, 0) is 42.9 Å². The minimum Gasteiger partial charge on any atom is -0.496 e. The standard InChI is InChI=1S/C18H20ClN3O3S/c1-11-13(19)6-5-7-14(11)21-18(26)22-20-10-12-8-16(24-3)17(25-4)9-15(12)23-2/h5-10H,1-4H3,(H2,21,22,26)/b20-10-. The molecule has 0 heterocycles. The van der Waals surface area contributed by atoms with Gasteiger partial charge in [0.1, 0.15) is 5.75 Å². The van der Waals surface area contributed by atoms with Gasteiger partial charge in [-0.3, -0.25) is 5.43 Å². The first kappa shape index (κ1) is 19.8. The number of nitrogens with zero attached hydrogens (tertiary/aromatic N) is 1. The van der Waals surface area contributed by atoms with Crippen LogP contribution in [0, 0.1) is 6.92 Å². The van der Waals surface area contributed by atoms with Gasteiger partial charge in [-0.1, -0.05) is 17.7 Å². The predicted molar refractivity (Wildman–Crippen MR) is 109 cm³/mol. The number of thiocarbonyl (C=S) groups is 1. The van der Waals surface area contributed by atoms with Crippen molar-refractivity contribution in [3.05, 3.63) is 46.5 Å². The Labute approximate surface area is 163 Å². The smallest absolute Gasteiger partial charge is 0.191 e. The second-order valence-electron chi connectivity index (χ2n) is 5.19. The zero-order chi connectivity index (χ0) is 19.1. The van der Waals surface area contributed by atoms with Gasteiger partial charge in [-0.15, -0.1) is 0 Å². The van der Waals surface area contributed by atoms with Gasteiger partial charge < -0.3 is 19.5 Å². The van der Waals surface area contributed by atoms with Crippen LogP contribution < -0.4 is 25.0 Å². The third-order valence-corrected chi connectivity index (χ3v) is 4.22. The summed E-state index contributed by atoms with van der Waals surface area (Å²) < 4.78 is 15.9. The molecule has 0 atom stereocenters. The minimum absolute atomic E-state index is 0.339. The maximum atomic E-state index is 6.10. The average molecular weight is 394 g/mol. The summed E-state index contributed by atoms with van der Waals surface area (Å²) in [6.45, 7) is 1.91. The van der Waals surface area contributed by atoms with Crippen LogP contribution >= 0.6 is 23.8 Å². The number of ether oxygens (including phenoxy) is 3. The third-order valence-electron chi connectivity index (χ3n) is 3.62. The highest BCUT2D eigenvalue weighted by Crippen LogP contribution is 2.33. The summed E-state index contributed by atoms with van der Waals surface area (Å²) in [5.74, 6) is 1.74. The van der Waals surface area contributed by atoms with E-state index in [1.165, 1.54) is 0 Å². The summed E-state index contributed by atoms with van der Waals surface area (Å²) in [6.07, 6.45) is 1.58. The molecule has 2 rings (SSSR count). The van der Waals surface area contributed by atoms with Crippen molar-refractivity contribution >= 4 is 40.8 Å². The first-order chi connectivity index (χ1) is 12.5. The second-order valence-corrected chi connectivity index (χ2v) is 6.00. The Morgan fingerprint density at radius 3 is 2.38 bits per heavy atom. The van der Waals surface area contributed by atoms with E-state index in [2.05, 4.69) is 15.8 Å². The van der Waals surface area contributed by atoms with E-state index in [0.29, 0.717) is 32.9 Å². The fourth-order valence-corrected chi connectivity index (χ4v) is 2.54. The van der Waals surface area contributed by atoms with Gasteiger partial charge in [-0.25, -0.2) is 0 Å². The number of halogens is 1. The molecule has 6 nitrogen and oxygen atoms in total. The molecule has 26 heavy (non-hydrogen) atoms. The maximum absolute atomic E-state index is 6.10. The minimum atomic E-state index is 0.339. The van der Waals surface area contributed by atoms with Crippen molar-refractivity contribution in [2.24, 2.45) is 5.10 Å². The fraction of sp³-hybridized carbons (Fsp3) is 0.222. The highest BCUT2D eigenvalue weighted by atomic mass is 35.5. The number of hydrogen-bond acceptors (Lipinski definition) is 5. The molecule has 0 unspecified atom stereocenters. The molecule has 8 heteroatoms. The topological polar surface area (TPSA) is 64.1 Å². The first-order valence-electron chi connectivity index (χ1n) is 7.65. The zero-order valence-electron chi connectivity index (χ0n) is 14.9. The van der Waals surface area contributed by atoms with Crippen LogP contribution in [0.5, 0.6) is 17.2 Å². The number of hydrazone groups is 1. The molecule has 0 aromatic heterocycles. The van der Waals surface area contributed by atoms with E-state index in [4.69, 9.17) is 38.0 Å². The molecule has 0 aliphatic rings. The number of benzene rings is 2. The SMILES string of the molecule is COc1cc(OC)c(OC)cc1/C=N\NC(=S)Nc1cccc(Cl)c1C. The summed E-state index contributed by atoms with van der Waals surface area (Å²) in [6, 6.07) is 9.04. The number of hydrogen-bond donors (Lipinski definition) is 2. The van der Waals surface area contributed by atoms with Crippen LogP contribution in [-0.4, -0.2) is 32.7 Å². The second kappa shape index (κ2) is 9.26. The molecule has 0 amide bonds. The van der Waals surface area contributed by atoms with Crippen LogP contribution in [0.3, 0.4) is 0 Å². The average Bonchev–Trinajstić information content (AvgIpc) is 2.64. The Bertz CT molecular complexity index is 828. The van der Waals surface area contributed by atoms with Crippen LogP contribution in [0.1, 0.15) is 11.1 Å². The number of nitrogens with one attached hydrogen (secondary N) is 2. The highest BCUT2D eigenvalue weighted by Gasteiger charge is 2.10. The van der Waals surface area contributed by atoms with Gasteiger partial charge in [0, 0.05) is 22.3 Å². The zero-order valence-corrected chi connectivity index (χ0v) is 16.5. The molecule has 138 valence electrons. The van der Waals surface area contributed by atoms with Gasteiger partial charge >= 0.3 is 0 Å². The van der Waals surface area contributed by atoms with E-state index >= 15 is 0 Å². The Hall–Kier alpha value is -2.51. The lowest BCUT2D eigenvalue weighted by molar-refractivity contribution is 0.349. The summed E-state index contributed by atoms with van der Waals surface area (Å²) in [4.78, 5) is 0. The van der Waals surface area contributed by atoms with Crippen LogP contribution in [0.25, 0.3) is 0 Å². The summed E-state index contributed by atoms with van der Waals surface area (Å²) in [5.41, 5.74) is 5.19. The molecule has 0 spiro atoms. The summed E-state index contributed by atoms with van der Waals surface area (Å²) in [5, 5.41) is 8.20. The largest absolute Gasteiger partial charge is 0.496 e. The van der Waals surface area contributed by atoms with Gasteiger partial charge in [0.15, 0.2) is 16.6 Å². The molecule has 0 saturated heterocycles. The predicted octanol–water partition coefficient (Wildman–Crippen LogP) is 3.99. The molecule has 0 saturated carbocycles. The van der Waals surface area contributed by atoms with Crippen molar-refractivity contribution in [3.8, 4) is 17.2 Å². The molecule has 2 aromatic carbocycles. The molecular weight excluding hydrogens is 374 g/mol. The molecule has 0 radical (unpaired) electrons. The first-order valence-corrected chi connectivity index (χ1v) is 8.44. The lowest BCUT2D eigenvalue weighted by Gasteiger charge is -2.12. The summed E-state index contributed by atoms with van der Waals surface area (Å²) >= 11 is 11.3. The van der Waals surface area contributed by atoms with Crippen molar-refractivity contribution in [1.29, 1.82) is 0 Å². The van der Waals surface area contributed by atoms with Gasteiger partial charge in [0.2, 0.25) is 0 Å². The molecule has 0 aliphatic heterocycles. The van der Waals surface area contributed by atoms with Gasteiger partial charge in [0.25, 0.3) is 0 Å². The molecule has 2 N–H and O–H groups in total. The number of rotatable bonds is 6. The molecular formula is C18H20ClN3O3S. The fourth-order valence-electron chi connectivity index (χ4n) is 2.21. The molecule has 2 aromatic rings. The third kappa shape index (κ3) is 4.77. The Morgan fingerprint density at radius 2 is 1.73 bits per heavy atom. The van der Waals surface area contributed by atoms with Gasteiger partial charge in [0.05, 0.1) is 27.5 Å². The van der Waals surface area contributed by atoms with E-state index in [9.17, 15) is 0 Å². The van der Waals surface area contributed by atoms with Crippen molar-refractivity contribution in [2.45, 2.75) is 6.92 Å². The van der Waals surface area contributed by atoms with E-state index in [1.54, 1.807) is 39.7 Å². The van der Waals surface area contributed by atoms with E-state index in [0.717, 1.165) is 11.3 Å². The highest BCUT2D eigenvalue weighted by molar-refractivity contribution is 7.80. The van der Waals surface area contributed by atoms with E-state index in [1.807, 2.05) is 25.1 Å². The van der Waals surface area contributed by atoms with Crippen molar-refractivity contribution in [2.75, 3.05) is 26.6 Å². The van der Waals surface area contributed by atoms with Crippen LogP contribution in [0.4, 0.5) is 5.69 Å². The quantitative estimate of drug-likeness (QED) is 0.439. The number of anilines is 1. The Kier molecular flexibility index (Phi) is 7.06. The van der Waals surface area contributed by atoms with Crippen molar-refractivity contribution in [1.82, 2.24) is 5.43 Å². The van der Waals surface area contributed by atoms with Gasteiger partial charge in [-0.2, -0.15) is 5.10 Å².